The number of carbonyl (C=O) groups excluding carboxylic acids is 1. The minimum atomic E-state index is -0.883. The van der Waals surface area contributed by atoms with Crippen molar-refractivity contribution in [2.45, 2.75) is 32.1 Å². The highest BCUT2D eigenvalue weighted by molar-refractivity contribution is 5.74. The molecule has 2 aliphatic carbocycles. The molecule has 0 radical (unpaired) electrons. The number of hydrogen-bond donors (Lipinski definition) is 2. The topological polar surface area (TPSA) is 69.6 Å². The molecular weight excluding hydrogens is 232 g/mol. The first-order valence-corrected chi connectivity index (χ1v) is 6.77. The molecule has 102 valence electrons. The molecule has 0 spiro atoms. The Kier molecular flexibility index (Phi) is 4.09. The highest BCUT2D eigenvalue weighted by Crippen LogP contribution is 2.48. The number of hydrogen-bond acceptors (Lipinski definition) is 2. The Balaban J connectivity index is 1.69. The Hall–Kier alpha value is -1.26. The van der Waals surface area contributed by atoms with E-state index in [1.54, 1.807) is 11.9 Å². The third-order valence-corrected chi connectivity index (χ3v) is 4.35. The normalized spacial score (nSPS) is 29.3. The number of nitrogens with zero attached hydrogens (tertiary/aromatic N) is 1. The van der Waals surface area contributed by atoms with E-state index in [2.05, 4.69) is 5.32 Å². The van der Waals surface area contributed by atoms with Gasteiger partial charge in [0.1, 0.15) is 0 Å². The minimum Gasteiger partial charge on any atom is -0.481 e. The summed E-state index contributed by atoms with van der Waals surface area (Å²) < 4.78 is 0. The van der Waals surface area contributed by atoms with Crippen molar-refractivity contribution in [3.63, 3.8) is 0 Å². The summed E-state index contributed by atoms with van der Waals surface area (Å²) in [7, 11) is 1.79. The van der Waals surface area contributed by atoms with Crippen LogP contribution in [0.4, 0.5) is 4.79 Å². The predicted octanol–water partition coefficient (Wildman–Crippen LogP) is 1.54. The summed E-state index contributed by atoms with van der Waals surface area (Å²) in [6.45, 7) is 1.01. The molecule has 2 amide bonds. The lowest BCUT2D eigenvalue weighted by atomic mass is 9.88. The number of amides is 2. The fraction of sp³-hybridized carbons (Fsp3) is 0.846. The molecule has 2 N–H and O–H groups in total. The van der Waals surface area contributed by atoms with Crippen LogP contribution in [-0.4, -0.2) is 42.1 Å². The van der Waals surface area contributed by atoms with Crippen molar-refractivity contribution in [3.05, 3.63) is 0 Å². The van der Waals surface area contributed by atoms with E-state index in [0.29, 0.717) is 5.92 Å². The number of carboxylic acid groups (broad SMARTS) is 1. The molecule has 0 aromatic heterocycles. The van der Waals surface area contributed by atoms with Crippen molar-refractivity contribution >= 4 is 12.0 Å². The quantitative estimate of drug-likeness (QED) is 0.782. The first-order valence-electron chi connectivity index (χ1n) is 6.77. The zero-order valence-corrected chi connectivity index (χ0v) is 10.9. The van der Waals surface area contributed by atoms with Gasteiger partial charge in [0.05, 0.1) is 6.42 Å². The third-order valence-electron chi connectivity index (χ3n) is 4.35. The van der Waals surface area contributed by atoms with Crippen LogP contribution < -0.4 is 5.32 Å². The van der Waals surface area contributed by atoms with E-state index in [-0.39, 0.29) is 19.0 Å². The van der Waals surface area contributed by atoms with Crippen LogP contribution in [0.1, 0.15) is 32.1 Å². The van der Waals surface area contributed by atoms with Gasteiger partial charge in [0.25, 0.3) is 0 Å². The van der Waals surface area contributed by atoms with Crippen LogP contribution in [0.15, 0.2) is 0 Å². The van der Waals surface area contributed by atoms with Crippen LogP contribution in [0, 0.1) is 17.8 Å². The summed E-state index contributed by atoms with van der Waals surface area (Å²) >= 11 is 0. The first-order chi connectivity index (χ1) is 8.56. The Morgan fingerprint density at radius 1 is 1.33 bits per heavy atom. The molecule has 2 fully saturated rings. The zero-order chi connectivity index (χ0) is 13.1. The summed E-state index contributed by atoms with van der Waals surface area (Å²) in [4.78, 5) is 23.8. The Bertz CT molecular complexity index is 332. The molecule has 0 heterocycles. The van der Waals surface area contributed by atoms with Gasteiger partial charge in [-0.25, -0.2) is 4.79 Å². The monoisotopic (exact) mass is 254 g/mol. The van der Waals surface area contributed by atoms with Gasteiger partial charge in [0, 0.05) is 20.1 Å². The second kappa shape index (κ2) is 5.59. The maximum absolute atomic E-state index is 11.7. The fourth-order valence-electron chi connectivity index (χ4n) is 3.45. The van der Waals surface area contributed by atoms with Crippen LogP contribution in [0.25, 0.3) is 0 Å². The number of fused-ring (bicyclic) bond motifs is 2. The molecule has 3 unspecified atom stereocenters. The maximum atomic E-state index is 11.7. The van der Waals surface area contributed by atoms with Crippen LogP contribution in [0.3, 0.4) is 0 Å². The number of rotatable bonds is 5. The Morgan fingerprint density at radius 2 is 2.11 bits per heavy atom. The second-order valence-corrected chi connectivity index (χ2v) is 5.69. The molecule has 0 aromatic carbocycles. The number of carboxylic acids is 1. The van der Waals surface area contributed by atoms with Gasteiger partial charge in [-0.15, -0.1) is 0 Å². The lowest BCUT2D eigenvalue weighted by Gasteiger charge is -2.27. The van der Waals surface area contributed by atoms with Crippen molar-refractivity contribution in [1.82, 2.24) is 10.2 Å². The molecule has 5 heteroatoms. The SMILES string of the molecule is CN(CC1CC2CCC1C2)C(=O)NCCC(=O)O. The first kappa shape index (κ1) is 13.2. The van der Waals surface area contributed by atoms with Crippen molar-refractivity contribution in [3.8, 4) is 0 Å². The highest BCUT2D eigenvalue weighted by Gasteiger charge is 2.39. The number of nitrogens with one attached hydrogen (secondary N) is 1. The zero-order valence-electron chi connectivity index (χ0n) is 10.9. The molecular formula is C13H22N2O3. The van der Waals surface area contributed by atoms with E-state index in [1.165, 1.54) is 25.7 Å². The smallest absolute Gasteiger partial charge is 0.317 e. The molecule has 0 aromatic rings. The summed E-state index contributed by atoms with van der Waals surface area (Å²) in [5.74, 6) is 1.47. The Morgan fingerprint density at radius 3 is 2.67 bits per heavy atom. The molecule has 5 nitrogen and oxygen atoms in total. The molecule has 2 saturated carbocycles. The molecule has 2 rings (SSSR count). The van der Waals surface area contributed by atoms with E-state index < -0.39 is 5.97 Å². The van der Waals surface area contributed by atoms with Gasteiger partial charge in [-0.3, -0.25) is 4.79 Å². The van der Waals surface area contributed by atoms with E-state index in [0.717, 1.165) is 18.4 Å². The van der Waals surface area contributed by atoms with Gasteiger partial charge in [0.15, 0.2) is 0 Å². The standard InChI is InChI=1S/C13H22N2O3/c1-15(13(18)14-5-4-12(16)17)8-11-7-9-2-3-10(11)6-9/h9-11H,2-8H2,1H3,(H,14,18)(H,16,17). The van der Waals surface area contributed by atoms with Gasteiger partial charge in [0.2, 0.25) is 0 Å². The van der Waals surface area contributed by atoms with Crippen molar-refractivity contribution in [2.75, 3.05) is 20.1 Å². The molecule has 2 bridgehead atoms. The van der Waals surface area contributed by atoms with Crippen LogP contribution in [0.5, 0.6) is 0 Å². The average molecular weight is 254 g/mol. The molecule has 18 heavy (non-hydrogen) atoms. The minimum absolute atomic E-state index is 0.0201. The lowest BCUT2D eigenvalue weighted by molar-refractivity contribution is -0.136. The van der Waals surface area contributed by atoms with Gasteiger partial charge < -0.3 is 15.3 Å². The summed E-state index contributed by atoms with van der Waals surface area (Å²) in [6, 6.07) is -0.154. The van der Waals surface area contributed by atoms with E-state index in [4.69, 9.17) is 5.11 Å². The summed E-state index contributed by atoms with van der Waals surface area (Å²) in [5, 5.41) is 11.1. The summed E-state index contributed by atoms with van der Waals surface area (Å²) in [5.41, 5.74) is 0. The maximum Gasteiger partial charge on any atom is 0.317 e. The fourth-order valence-corrected chi connectivity index (χ4v) is 3.45. The van der Waals surface area contributed by atoms with E-state index in [1.807, 2.05) is 0 Å². The van der Waals surface area contributed by atoms with Crippen molar-refractivity contribution < 1.29 is 14.7 Å². The van der Waals surface area contributed by atoms with Crippen LogP contribution in [0.2, 0.25) is 0 Å². The Labute approximate surface area is 108 Å². The van der Waals surface area contributed by atoms with Crippen LogP contribution >= 0.6 is 0 Å². The predicted molar refractivity (Wildman–Crippen MR) is 67.2 cm³/mol. The van der Waals surface area contributed by atoms with E-state index >= 15 is 0 Å². The largest absolute Gasteiger partial charge is 0.481 e. The van der Waals surface area contributed by atoms with Crippen molar-refractivity contribution in [2.24, 2.45) is 17.8 Å². The molecule has 0 aliphatic heterocycles. The average Bonchev–Trinajstić information content (AvgIpc) is 2.90. The van der Waals surface area contributed by atoms with Crippen LogP contribution in [-0.2, 0) is 4.79 Å². The molecule has 0 saturated heterocycles. The molecule has 3 atom stereocenters. The highest BCUT2D eigenvalue weighted by atomic mass is 16.4. The van der Waals surface area contributed by atoms with Gasteiger partial charge in [-0.05, 0) is 37.0 Å². The number of carbonyl (C=O) groups is 2. The van der Waals surface area contributed by atoms with Gasteiger partial charge >= 0.3 is 12.0 Å². The van der Waals surface area contributed by atoms with Gasteiger partial charge in [-0.1, -0.05) is 6.42 Å². The third kappa shape index (κ3) is 3.15. The lowest BCUT2D eigenvalue weighted by Crippen LogP contribution is -2.41. The summed E-state index contributed by atoms with van der Waals surface area (Å²) in [6.07, 6.45) is 5.28. The van der Waals surface area contributed by atoms with Gasteiger partial charge in [-0.2, -0.15) is 0 Å². The van der Waals surface area contributed by atoms with Crippen molar-refractivity contribution in [1.29, 1.82) is 0 Å². The molecule has 2 aliphatic rings. The number of urea groups is 1. The number of aliphatic carboxylic acids is 1. The van der Waals surface area contributed by atoms with E-state index in [9.17, 15) is 9.59 Å². The second-order valence-electron chi connectivity index (χ2n) is 5.69.